The maximum atomic E-state index is 13.0. The fraction of sp³-hybridized carbons (Fsp3) is 0.938. The molecule has 2 saturated heterocycles. The van der Waals surface area contributed by atoms with Gasteiger partial charge in [-0.15, -0.1) is 0 Å². The van der Waals surface area contributed by atoms with Gasteiger partial charge in [-0.25, -0.2) is 0 Å². The smallest absolute Gasteiger partial charge is 0.230 e. The van der Waals surface area contributed by atoms with Crippen molar-refractivity contribution >= 4 is 5.91 Å². The van der Waals surface area contributed by atoms with Gasteiger partial charge in [-0.05, 0) is 45.1 Å². The van der Waals surface area contributed by atoms with Crippen LogP contribution < -0.4 is 5.32 Å². The standard InChI is InChI=1S/C16H30N2O2/c1-3-11-20-14-7-5-10-18(12-14)15(19)16(4-2)8-6-9-17-13-16/h14,17H,3-13H2,1-2H3. The van der Waals surface area contributed by atoms with Gasteiger partial charge < -0.3 is 15.0 Å². The van der Waals surface area contributed by atoms with Gasteiger partial charge in [0.05, 0.1) is 11.5 Å². The fourth-order valence-electron chi connectivity index (χ4n) is 3.48. The van der Waals surface area contributed by atoms with Crippen LogP contribution in [-0.2, 0) is 9.53 Å². The van der Waals surface area contributed by atoms with E-state index in [0.29, 0.717) is 5.91 Å². The van der Waals surface area contributed by atoms with E-state index in [1.165, 1.54) is 0 Å². The third-order valence-electron chi connectivity index (χ3n) is 4.83. The van der Waals surface area contributed by atoms with Crippen LogP contribution in [0.5, 0.6) is 0 Å². The van der Waals surface area contributed by atoms with Gasteiger partial charge in [-0.1, -0.05) is 13.8 Å². The van der Waals surface area contributed by atoms with Crippen molar-refractivity contribution < 1.29 is 9.53 Å². The number of carbonyl (C=O) groups excluding carboxylic acids is 1. The molecule has 0 bridgehead atoms. The van der Waals surface area contributed by atoms with E-state index in [1.54, 1.807) is 0 Å². The minimum absolute atomic E-state index is 0.162. The Morgan fingerprint density at radius 2 is 2.25 bits per heavy atom. The fourth-order valence-corrected chi connectivity index (χ4v) is 3.48. The molecular formula is C16H30N2O2. The van der Waals surface area contributed by atoms with Crippen LogP contribution >= 0.6 is 0 Å². The Labute approximate surface area is 123 Å². The minimum Gasteiger partial charge on any atom is -0.376 e. The lowest BCUT2D eigenvalue weighted by Gasteiger charge is -2.42. The average Bonchev–Trinajstić information content (AvgIpc) is 2.53. The third kappa shape index (κ3) is 3.53. The summed E-state index contributed by atoms with van der Waals surface area (Å²) in [7, 11) is 0. The molecule has 2 unspecified atom stereocenters. The van der Waals surface area contributed by atoms with Gasteiger partial charge in [-0.2, -0.15) is 0 Å². The summed E-state index contributed by atoms with van der Waals surface area (Å²) in [4.78, 5) is 15.0. The summed E-state index contributed by atoms with van der Waals surface area (Å²) in [6, 6.07) is 0. The summed E-state index contributed by atoms with van der Waals surface area (Å²) in [5, 5.41) is 3.41. The number of hydrogen-bond donors (Lipinski definition) is 1. The van der Waals surface area contributed by atoms with E-state index in [0.717, 1.165) is 71.3 Å². The summed E-state index contributed by atoms with van der Waals surface area (Å²) >= 11 is 0. The molecule has 0 spiro atoms. The highest BCUT2D eigenvalue weighted by Gasteiger charge is 2.41. The molecule has 0 aliphatic carbocycles. The zero-order chi connectivity index (χ0) is 14.4. The van der Waals surface area contributed by atoms with Crippen molar-refractivity contribution in [2.45, 2.75) is 58.5 Å². The van der Waals surface area contributed by atoms with E-state index in [9.17, 15) is 4.79 Å². The van der Waals surface area contributed by atoms with E-state index in [1.807, 2.05) is 0 Å². The normalized spacial score (nSPS) is 31.3. The summed E-state index contributed by atoms with van der Waals surface area (Å²) in [5.74, 6) is 0.358. The Morgan fingerprint density at radius 1 is 1.40 bits per heavy atom. The van der Waals surface area contributed by atoms with Crippen molar-refractivity contribution in [3.05, 3.63) is 0 Å². The predicted molar refractivity (Wildman–Crippen MR) is 80.7 cm³/mol. The van der Waals surface area contributed by atoms with Crippen LogP contribution in [0.15, 0.2) is 0 Å². The molecule has 2 fully saturated rings. The van der Waals surface area contributed by atoms with Crippen molar-refractivity contribution in [1.29, 1.82) is 0 Å². The number of nitrogens with one attached hydrogen (secondary N) is 1. The molecule has 0 aromatic carbocycles. The molecule has 2 atom stereocenters. The van der Waals surface area contributed by atoms with Crippen molar-refractivity contribution in [2.24, 2.45) is 5.41 Å². The van der Waals surface area contributed by atoms with Crippen LogP contribution in [0.1, 0.15) is 52.4 Å². The minimum atomic E-state index is -0.162. The number of amides is 1. The molecule has 0 saturated carbocycles. The number of piperidine rings is 2. The van der Waals surface area contributed by atoms with E-state index in [2.05, 4.69) is 24.1 Å². The molecule has 2 heterocycles. The molecule has 2 rings (SSSR count). The van der Waals surface area contributed by atoms with Crippen molar-refractivity contribution in [2.75, 3.05) is 32.8 Å². The zero-order valence-corrected chi connectivity index (χ0v) is 13.1. The van der Waals surface area contributed by atoms with Crippen LogP contribution in [0.2, 0.25) is 0 Å². The first-order valence-corrected chi connectivity index (χ1v) is 8.33. The van der Waals surface area contributed by atoms with Crippen LogP contribution in [0.25, 0.3) is 0 Å². The molecule has 4 nitrogen and oxygen atoms in total. The van der Waals surface area contributed by atoms with Crippen molar-refractivity contribution in [3.8, 4) is 0 Å². The average molecular weight is 282 g/mol. The number of nitrogens with zero attached hydrogens (tertiary/aromatic N) is 1. The molecule has 1 amide bonds. The first-order chi connectivity index (χ1) is 9.72. The largest absolute Gasteiger partial charge is 0.376 e. The van der Waals surface area contributed by atoms with E-state index >= 15 is 0 Å². The molecule has 0 radical (unpaired) electrons. The molecule has 1 N–H and O–H groups in total. The molecule has 116 valence electrons. The Kier molecular flexibility index (Phi) is 5.85. The van der Waals surface area contributed by atoms with E-state index in [4.69, 9.17) is 4.74 Å². The van der Waals surface area contributed by atoms with Gasteiger partial charge in [0.2, 0.25) is 5.91 Å². The number of rotatable bonds is 5. The van der Waals surface area contributed by atoms with Gasteiger partial charge in [0.25, 0.3) is 0 Å². The maximum absolute atomic E-state index is 13.0. The second kappa shape index (κ2) is 7.41. The van der Waals surface area contributed by atoms with Crippen LogP contribution in [0.3, 0.4) is 0 Å². The number of hydrogen-bond acceptors (Lipinski definition) is 3. The van der Waals surface area contributed by atoms with Gasteiger partial charge >= 0.3 is 0 Å². The lowest BCUT2D eigenvalue weighted by atomic mass is 9.76. The topological polar surface area (TPSA) is 41.6 Å². The van der Waals surface area contributed by atoms with E-state index < -0.39 is 0 Å². The number of carbonyl (C=O) groups is 1. The van der Waals surface area contributed by atoms with Gasteiger partial charge in [0, 0.05) is 26.2 Å². The summed E-state index contributed by atoms with van der Waals surface area (Å²) in [5.41, 5.74) is -0.162. The zero-order valence-electron chi connectivity index (χ0n) is 13.1. The lowest BCUT2D eigenvalue weighted by Crippen LogP contribution is -2.54. The Hall–Kier alpha value is -0.610. The Morgan fingerprint density at radius 3 is 2.90 bits per heavy atom. The SMILES string of the molecule is CCCOC1CCCN(C(=O)C2(CC)CCCNC2)C1. The van der Waals surface area contributed by atoms with Crippen LogP contribution in [0, 0.1) is 5.41 Å². The van der Waals surface area contributed by atoms with Crippen LogP contribution in [0.4, 0.5) is 0 Å². The second-order valence-electron chi connectivity index (χ2n) is 6.30. The van der Waals surface area contributed by atoms with Crippen LogP contribution in [-0.4, -0.2) is 49.7 Å². The van der Waals surface area contributed by atoms with Crippen molar-refractivity contribution in [1.82, 2.24) is 10.2 Å². The third-order valence-corrected chi connectivity index (χ3v) is 4.83. The van der Waals surface area contributed by atoms with Gasteiger partial charge in [0.15, 0.2) is 0 Å². The van der Waals surface area contributed by atoms with E-state index in [-0.39, 0.29) is 11.5 Å². The number of likely N-dealkylation sites (tertiary alicyclic amines) is 1. The second-order valence-corrected chi connectivity index (χ2v) is 6.30. The Bertz CT molecular complexity index is 314. The van der Waals surface area contributed by atoms with Gasteiger partial charge in [0.1, 0.15) is 0 Å². The summed E-state index contributed by atoms with van der Waals surface area (Å²) in [6.07, 6.45) is 6.56. The molecule has 20 heavy (non-hydrogen) atoms. The molecule has 0 aromatic rings. The maximum Gasteiger partial charge on any atom is 0.230 e. The number of ether oxygens (including phenoxy) is 1. The molecule has 2 aliphatic heterocycles. The monoisotopic (exact) mass is 282 g/mol. The molecule has 4 heteroatoms. The molecular weight excluding hydrogens is 252 g/mol. The highest BCUT2D eigenvalue weighted by Crippen LogP contribution is 2.33. The lowest BCUT2D eigenvalue weighted by molar-refractivity contribution is -0.147. The first-order valence-electron chi connectivity index (χ1n) is 8.33. The predicted octanol–water partition coefficient (Wildman–Crippen LogP) is 2.18. The molecule has 0 aromatic heterocycles. The first kappa shape index (κ1) is 15.8. The molecule has 2 aliphatic rings. The highest BCUT2D eigenvalue weighted by atomic mass is 16.5. The quantitative estimate of drug-likeness (QED) is 0.840. The summed E-state index contributed by atoms with van der Waals surface area (Å²) in [6.45, 7) is 8.70. The highest BCUT2D eigenvalue weighted by molar-refractivity contribution is 5.83. The Balaban J connectivity index is 1.96. The summed E-state index contributed by atoms with van der Waals surface area (Å²) < 4.78 is 5.86. The van der Waals surface area contributed by atoms with Gasteiger partial charge in [-0.3, -0.25) is 4.79 Å². The van der Waals surface area contributed by atoms with Crippen molar-refractivity contribution in [3.63, 3.8) is 0 Å².